The zero-order chi connectivity index (χ0) is 13.0. The van der Waals surface area contributed by atoms with Crippen LogP contribution in [0.4, 0.5) is 11.5 Å². The van der Waals surface area contributed by atoms with Crippen molar-refractivity contribution < 1.29 is 4.79 Å². The molecule has 6 nitrogen and oxygen atoms in total. The quantitative estimate of drug-likeness (QED) is 0.843. The second-order valence-electron chi connectivity index (χ2n) is 3.86. The Bertz CT molecular complexity index is 549. The molecule has 0 aliphatic heterocycles. The summed E-state index contributed by atoms with van der Waals surface area (Å²) in [6.45, 7) is 2.09. The van der Waals surface area contributed by atoms with E-state index in [9.17, 15) is 4.79 Å². The molecule has 0 saturated carbocycles. The van der Waals surface area contributed by atoms with Crippen LogP contribution >= 0.6 is 0 Å². The number of hydrogen-bond acceptors (Lipinski definition) is 4. The lowest BCUT2D eigenvalue weighted by Gasteiger charge is -2.09. The summed E-state index contributed by atoms with van der Waals surface area (Å²) in [7, 11) is 0. The highest BCUT2D eigenvalue weighted by atomic mass is 16.2. The van der Waals surface area contributed by atoms with Crippen molar-refractivity contribution in [2.45, 2.75) is 19.9 Å². The number of nitrogens with one attached hydrogen (secondary N) is 1. The van der Waals surface area contributed by atoms with Gasteiger partial charge in [-0.15, -0.1) is 5.10 Å². The lowest BCUT2D eigenvalue weighted by Crippen LogP contribution is -2.21. The normalized spacial score (nSPS) is 10.3. The molecule has 0 saturated heterocycles. The first-order valence-electron chi connectivity index (χ1n) is 5.72. The number of anilines is 2. The van der Waals surface area contributed by atoms with E-state index in [1.54, 1.807) is 0 Å². The van der Waals surface area contributed by atoms with Crippen molar-refractivity contribution in [3.05, 3.63) is 36.0 Å². The van der Waals surface area contributed by atoms with E-state index in [4.69, 9.17) is 5.73 Å². The van der Waals surface area contributed by atoms with Crippen LogP contribution in [-0.4, -0.2) is 20.9 Å². The Morgan fingerprint density at radius 1 is 1.44 bits per heavy atom. The van der Waals surface area contributed by atoms with Crippen molar-refractivity contribution in [1.29, 1.82) is 0 Å². The lowest BCUT2D eigenvalue weighted by atomic mass is 10.1. The molecule has 2 aromatic rings. The molecule has 1 heterocycles. The maximum absolute atomic E-state index is 11.8. The van der Waals surface area contributed by atoms with Gasteiger partial charge in [0.15, 0.2) is 5.82 Å². The molecule has 2 rings (SSSR count). The minimum atomic E-state index is -0.175. The van der Waals surface area contributed by atoms with Gasteiger partial charge in [0.2, 0.25) is 5.91 Å². The molecule has 0 aliphatic rings. The highest BCUT2D eigenvalue weighted by Crippen LogP contribution is 2.15. The largest absolute Gasteiger partial charge is 0.381 e. The number of nitrogens with two attached hydrogens (primary N) is 1. The van der Waals surface area contributed by atoms with Gasteiger partial charge in [-0.1, -0.05) is 25.1 Å². The van der Waals surface area contributed by atoms with E-state index in [1.807, 2.05) is 31.2 Å². The van der Waals surface area contributed by atoms with E-state index in [0.29, 0.717) is 5.82 Å². The average molecular weight is 245 g/mol. The Morgan fingerprint density at radius 3 is 2.89 bits per heavy atom. The van der Waals surface area contributed by atoms with Crippen molar-refractivity contribution in [2.24, 2.45) is 0 Å². The molecular weight excluding hydrogens is 230 g/mol. The van der Waals surface area contributed by atoms with Gasteiger partial charge in [-0.3, -0.25) is 4.79 Å². The van der Waals surface area contributed by atoms with Crippen LogP contribution in [-0.2, 0) is 17.8 Å². The number of hydrogen-bond donors (Lipinski definition) is 2. The molecule has 0 bridgehead atoms. The average Bonchev–Trinajstić information content (AvgIpc) is 2.75. The summed E-state index contributed by atoms with van der Waals surface area (Å²) in [6, 6.07) is 7.70. The van der Waals surface area contributed by atoms with E-state index in [0.717, 1.165) is 17.7 Å². The van der Waals surface area contributed by atoms with E-state index in [1.165, 1.54) is 11.0 Å². The highest BCUT2D eigenvalue weighted by Gasteiger charge is 2.07. The molecule has 0 unspecified atom stereocenters. The molecule has 94 valence electrons. The fourth-order valence-electron chi connectivity index (χ4n) is 1.66. The van der Waals surface area contributed by atoms with Crippen molar-refractivity contribution in [2.75, 3.05) is 11.1 Å². The fourth-order valence-corrected chi connectivity index (χ4v) is 1.66. The van der Waals surface area contributed by atoms with Crippen LogP contribution < -0.4 is 11.1 Å². The van der Waals surface area contributed by atoms with Crippen LogP contribution in [0.1, 0.15) is 12.5 Å². The molecule has 1 amide bonds. The van der Waals surface area contributed by atoms with Gasteiger partial charge in [0, 0.05) is 5.69 Å². The number of aromatic nitrogens is 3. The number of carbonyl (C=O) groups is 1. The maximum Gasteiger partial charge on any atom is 0.247 e. The Morgan fingerprint density at radius 2 is 2.22 bits per heavy atom. The minimum absolute atomic E-state index is 0.0508. The molecular formula is C12H15N5O. The fraction of sp³-hybridized carbons (Fsp3) is 0.250. The molecule has 0 aliphatic carbocycles. The van der Waals surface area contributed by atoms with Crippen LogP contribution in [0.15, 0.2) is 30.5 Å². The third-order valence-corrected chi connectivity index (χ3v) is 2.51. The van der Waals surface area contributed by atoms with E-state index in [-0.39, 0.29) is 12.5 Å². The van der Waals surface area contributed by atoms with E-state index >= 15 is 0 Å². The van der Waals surface area contributed by atoms with Crippen LogP contribution in [0.25, 0.3) is 0 Å². The second kappa shape index (κ2) is 5.31. The van der Waals surface area contributed by atoms with Crippen molar-refractivity contribution in [3.63, 3.8) is 0 Å². The summed E-state index contributed by atoms with van der Waals surface area (Å²) in [5, 5.41) is 10.6. The Hall–Kier alpha value is -2.37. The smallest absolute Gasteiger partial charge is 0.247 e. The summed E-state index contributed by atoms with van der Waals surface area (Å²) in [5.74, 6) is 0.128. The number of para-hydroxylation sites is 1. The first kappa shape index (κ1) is 12.1. The summed E-state index contributed by atoms with van der Waals surface area (Å²) < 4.78 is 0. The Labute approximate surface area is 105 Å². The SMILES string of the molecule is CCc1ccccc1NC(=O)Cn1ncc(N)n1. The minimum Gasteiger partial charge on any atom is -0.381 e. The van der Waals surface area contributed by atoms with Crippen LogP contribution in [0.5, 0.6) is 0 Å². The highest BCUT2D eigenvalue weighted by molar-refractivity contribution is 5.91. The van der Waals surface area contributed by atoms with Crippen molar-refractivity contribution in [3.8, 4) is 0 Å². The van der Waals surface area contributed by atoms with Gasteiger partial charge in [0.1, 0.15) is 6.54 Å². The predicted octanol–water partition coefficient (Wildman–Crippen LogP) is 1.06. The van der Waals surface area contributed by atoms with E-state index in [2.05, 4.69) is 15.5 Å². The van der Waals surface area contributed by atoms with Crippen LogP contribution in [0, 0.1) is 0 Å². The van der Waals surface area contributed by atoms with Gasteiger partial charge in [-0.05, 0) is 18.1 Å². The summed E-state index contributed by atoms with van der Waals surface area (Å²) in [4.78, 5) is 13.1. The molecule has 1 aromatic carbocycles. The molecule has 3 N–H and O–H groups in total. The monoisotopic (exact) mass is 245 g/mol. The van der Waals surface area contributed by atoms with Gasteiger partial charge >= 0.3 is 0 Å². The van der Waals surface area contributed by atoms with Crippen LogP contribution in [0.2, 0.25) is 0 Å². The lowest BCUT2D eigenvalue weighted by molar-refractivity contribution is -0.117. The summed E-state index contributed by atoms with van der Waals surface area (Å²) in [5.41, 5.74) is 7.35. The second-order valence-corrected chi connectivity index (χ2v) is 3.86. The van der Waals surface area contributed by atoms with Crippen molar-refractivity contribution >= 4 is 17.4 Å². The third-order valence-electron chi connectivity index (χ3n) is 2.51. The number of amides is 1. The number of aryl methyl sites for hydroxylation is 1. The van der Waals surface area contributed by atoms with Gasteiger partial charge in [0.25, 0.3) is 0 Å². The molecule has 0 radical (unpaired) electrons. The number of rotatable bonds is 4. The number of benzene rings is 1. The van der Waals surface area contributed by atoms with Gasteiger partial charge < -0.3 is 11.1 Å². The first-order valence-corrected chi connectivity index (χ1v) is 5.72. The number of nitrogens with zero attached hydrogens (tertiary/aromatic N) is 3. The molecule has 0 spiro atoms. The summed E-state index contributed by atoms with van der Waals surface area (Å²) >= 11 is 0. The molecule has 18 heavy (non-hydrogen) atoms. The van der Waals surface area contributed by atoms with Gasteiger partial charge in [0.05, 0.1) is 6.20 Å². The van der Waals surface area contributed by atoms with Gasteiger partial charge in [-0.25, -0.2) is 0 Å². The zero-order valence-corrected chi connectivity index (χ0v) is 10.1. The Balaban J connectivity index is 2.03. The Kier molecular flexibility index (Phi) is 3.57. The summed E-state index contributed by atoms with van der Waals surface area (Å²) in [6.07, 6.45) is 2.27. The molecule has 1 aromatic heterocycles. The maximum atomic E-state index is 11.8. The molecule has 0 atom stereocenters. The van der Waals surface area contributed by atoms with E-state index < -0.39 is 0 Å². The standard InChI is InChI=1S/C12H15N5O/c1-2-9-5-3-4-6-10(9)15-12(18)8-17-14-7-11(13)16-17/h3-7H,2,8H2,1H3,(H2,13,16)(H,15,18). The first-order chi connectivity index (χ1) is 8.69. The number of carbonyl (C=O) groups excluding carboxylic acids is 1. The molecule has 0 fully saturated rings. The van der Waals surface area contributed by atoms with Crippen LogP contribution in [0.3, 0.4) is 0 Å². The topological polar surface area (TPSA) is 85.8 Å². The van der Waals surface area contributed by atoms with Gasteiger partial charge in [-0.2, -0.15) is 9.90 Å². The number of nitrogen functional groups attached to an aromatic ring is 1. The zero-order valence-electron chi connectivity index (χ0n) is 10.1. The van der Waals surface area contributed by atoms with Crippen molar-refractivity contribution in [1.82, 2.24) is 15.0 Å². The molecule has 6 heteroatoms. The third kappa shape index (κ3) is 2.85. The predicted molar refractivity (Wildman–Crippen MR) is 68.9 cm³/mol.